The standard InChI is InChI=1S/C43H70N14O2/c1-3-28-21-32(30(11-7-17-52-40(44)45)12-8-18-53-41(46)47)23-34-25-56-36-15-5-6-16-37(36)57-26-35-24-33(22-29(4-2)39(35)59-27-58-38(28)34)31(13-9-19-54-42(48)49)14-10-20-55-43(50)51/h21-26,30-31,36-37H,3-20,27H2,1-2H3,(H4,44,45,52)(H4,46,47,53)(H4,48,49,54)(H4,50,51,55). The number of rotatable bonds is 20. The summed E-state index contributed by atoms with van der Waals surface area (Å²) in [6.45, 7) is 6.57. The summed E-state index contributed by atoms with van der Waals surface area (Å²) in [6, 6.07) is 9.05. The Bertz CT molecular complexity index is 1630. The van der Waals surface area contributed by atoms with Crippen LogP contribution in [-0.2, 0) is 12.8 Å². The zero-order valence-corrected chi connectivity index (χ0v) is 35.3. The molecule has 1 aliphatic carbocycles. The van der Waals surface area contributed by atoms with Crippen LogP contribution >= 0.6 is 0 Å². The van der Waals surface area contributed by atoms with Crippen LogP contribution in [0.3, 0.4) is 0 Å². The molecule has 16 heteroatoms. The second-order valence-electron chi connectivity index (χ2n) is 15.5. The van der Waals surface area contributed by atoms with E-state index in [1.54, 1.807) is 0 Å². The third-order valence-corrected chi connectivity index (χ3v) is 11.1. The molecule has 0 amide bonds. The van der Waals surface area contributed by atoms with E-state index in [1.165, 1.54) is 11.1 Å². The Kier molecular flexibility index (Phi) is 19.1. The molecule has 2 aromatic rings. The normalized spacial score (nSPS) is 16.2. The summed E-state index contributed by atoms with van der Waals surface area (Å²) in [6.07, 6.45) is 16.6. The predicted molar refractivity (Wildman–Crippen MR) is 244 cm³/mol. The summed E-state index contributed by atoms with van der Waals surface area (Å²) < 4.78 is 13.3. The molecule has 2 atom stereocenters. The van der Waals surface area contributed by atoms with Gasteiger partial charge in [0.1, 0.15) is 11.5 Å². The van der Waals surface area contributed by atoms with Crippen LogP contribution in [0, 0.1) is 0 Å². The Morgan fingerprint density at radius 1 is 0.559 bits per heavy atom. The van der Waals surface area contributed by atoms with E-state index in [4.69, 9.17) is 65.3 Å². The molecule has 2 unspecified atom stereocenters. The molecule has 0 bridgehead atoms. The Hall–Kier alpha value is -5.54. The number of aryl methyl sites for hydroxylation is 2. The zero-order chi connectivity index (χ0) is 42.6. The number of hydrogen-bond donors (Lipinski definition) is 8. The molecule has 16 N–H and O–H groups in total. The van der Waals surface area contributed by atoms with Crippen LogP contribution in [-0.4, -0.2) is 81.3 Å². The van der Waals surface area contributed by atoms with Gasteiger partial charge >= 0.3 is 0 Å². The maximum absolute atomic E-state index is 6.63. The Morgan fingerprint density at radius 3 is 1.20 bits per heavy atom. The molecule has 0 radical (unpaired) electrons. The van der Waals surface area contributed by atoms with Gasteiger partial charge in [0.25, 0.3) is 0 Å². The fourth-order valence-corrected chi connectivity index (χ4v) is 8.10. The third kappa shape index (κ3) is 15.3. The minimum atomic E-state index is 0.0220. The highest BCUT2D eigenvalue weighted by molar-refractivity contribution is 5.86. The van der Waals surface area contributed by atoms with Gasteiger partial charge in [-0.1, -0.05) is 38.8 Å². The SMILES string of the molecule is CCc1cc(C(CCCN=C(N)N)CCCN=C(N)N)cc2c1OCOc1c(cc(C(CCCN=C(N)N)CCCN=C(N)N)cc1CC)C=NC1CCCCC1N=C2. The average Bonchev–Trinajstić information content (AvgIpc) is 3.22. The first-order chi connectivity index (χ1) is 28.5. The number of aliphatic imine (C=N–C) groups is 6. The first kappa shape index (κ1) is 46.2. The van der Waals surface area contributed by atoms with Crippen LogP contribution in [0.15, 0.2) is 54.2 Å². The van der Waals surface area contributed by atoms with Crippen molar-refractivity contribution in [3.8, 4) is 11.5 Å². The molecule has 4 rings (SSSR count). The maximum Gasteiger partial charge on any atom is 0.230 e. The molecule has 324 valence electrons. The molecule has 1 saturated carbocycles. The number of ether oxygens (including phenoxy) is 2. The van der Waals surface area contributed by atoms with E-state index < -0.39 is 0 Å². The summed E-state index contributed by atoms with van der Waals surface area (Å²) in [4.78, 5) is 27.4. The van der Waals surface area contributed by atoms with Crippen LogP contribution in [0.5, 0.6) is 11.5 Å². The van der Waals surface area contributed by atoms with Crippen molar-refractivity contribution in [2.24, 2.45) is 75.8 Å². The molecular weight excluding hydrogens is 745 g/mol. The summed E-state index contributed by atoms with van der Waals surface area (Å²) in [5, 5.41) is 0. The number of nitrogens with zero attached hydrogens (tertiary/aromatic N) is 6. The lowest BCUT2D eigenvalue weighted by Crippen LogP contribution is -2.27. The Balaban J connectivity index is 1.74. The van der Waals surface area contributed by atoms with Crippen LogP contribution in [0.1, 0.15) is 136 Å². The monoisotopic (exact) mass is 815 g/mol. The number of guanidine groups is 4. The lowest BCUT2D eigenvalue weighted by Gasteiger charge is -2.26. The van der Waals surface area contributed by atoms with Gasteiger partial charge in [-0.25, -0.2) is 0 Å². The molecule has 16 nitrogen and oxygen atoms in total. The fourth-order valence-electron chi connectivity index (χ4n) is 8.10. The van der Waals surface area contributed by atoms with Crippen molar-refractivity contribution in [3.63, 3.8) is 0 Å². The highest BCUT2D eigenvalue weighted by atomic mass is 16.7. The van der Waals surface area contributed by atoms with Gasteiger partial charge in [-0.05, 0) is 123 Å². The van der Waals surface area contributed by atoms with Crippen molar-refractivity contribution >= 4 is 36.3 Å². The summed E-state index contributed by atoms with van der Waals surface area (Å²) in [7, 11) is 0. The Morgan fingerprint density at radius 2 is 0.898 bits per heavy atom. The van der Waals surface area contributed by atoms with Crippen molar-refractivity contribution in [1.29, 1.82) is 0 Å². The minimum absolute atomic E-state index is 0.0220. The van der Waals surface area contributed by atoms with E-state index in [0.29, 0.717) is 26.2 Å². The third-order valence-electron chi connectivity index (χ3n) is 11.1. The summed E-state index contributed by atoms with van der Waals surface area (Å²) in [5.41, 5.74) is 51.5. The van der Waals surface area contributed by atoms with E-state index in [9.17, 15) is 0 Å². The van der Waals surface area contributed by atoms with Gasteiger partial charge in [0.2, 0.25) is 6.79 Å². The van der Waals surface area contributed by atoms with Crippen molar-refractivity contribution in [2.45, 2.75) is 128 Å². The van der Waals surface area contributed by atoms with Gasteiger partial charge < -0.3 is 55.3 Å². The highest BCUT2D eigenvalue weighted by Crippen LogP contribution is 2.37. The van der Waals surface area contributed by atoms with Gasteiger partial charge in [-0.3, -0.25) is 30.0 Å². The fraction of sp³-hybridized carbons (Fsp3) is 0.581. The van der Waals surface area contributed by atoms with E-state index in [2.05, 4.69) is 58.1 Å². The van der Waals surface area contributed by atoms with Crippen molar-refractivity contribution < 1.29 is 9.47 Å². The lowest BCUT2D eigenvalue weighted by atomic mass is 9.87. The summed E-state index contributed by atoms with van der Waals surface area (Å²) in [5.74, 6) is 2.42. The van der Waals surface area contributed by atoms with Gasteiger partial charge in [0, 0.05) is 49.7 Å². The van der Waals surface area contributed by atoms with E-state index in [-0.39, 0.29) is 54.6 Å². The van der Waals surface area contributed by atoms with Crippen molar-refractivity contribution in [2.75, 3.05) is 33.0 Å². The molecule has 0 spiro atoms. The van der Waals surface area contributed by atoms with Crippen LogP contribution < -0.4 is 55.3 Å². The number of fused-ring (bicyclic) bond motifs is 3. The van der Waals surface area contributed by atoms with Gasteiger partial charge in [-0.15, -0.1) is 0 Å². The largest absolute Gasteiger partial charge is 0.457 e. The number of hydrogen-bond acceptors (Lipinski definition) is 8. The minimum Gasteiger partial charge on any atom is -0.457 e. The first-order valence-corrected chi connectivity index (χ1v) is 21.4. The second kappa shape index (κ2) is 24.4. The zero-order valence-electron chi connectivity index (χ0n) is 35.3. The van der Waals surface area contributed by atoms with Crippen molar-refractivity contribution in [1.82, 2.24) is 0 Å². The highest BCUT2D eigenvalue weighted by Gasteiger charge is 2.25. The predicted octanol–water partition coefficient (Wildman–Crippen LogP) is 3.77. The quantitative estimate of drug-likeness (QED) is 0.0544. The van der Waals surface area contributed by atoms with E-state index in [0.717, 1.165) is 124 Å². The van der Waals surface area contributed by atoms with Crippen LogP contribution in [0.25, 0.3) is 0 Å². The number of nitrogens with two attached hydrogens (primary N) is 8. The molecular formula is C43H70N14O2. The van der Waals surface area contributed by atoms with Gasteiger partial charge in [0.05, 0.1) is 12.1 Å². The Labute approximate surface area is 350 Å². The first-order valence-electron chi connectivity index (χ1n) is 21.4. The van der Waals surface area contributed by atoms with Crippen LogP contribution in [0.4, 0.5) is 0 Å². The van der Waals surface area contributed by atoms with Gasteiger partial charge in [-0.2, -0.15) is 0 Å². The summed E-state index contributed by atoms with van der Waals surface area (Å²) >= 11 is 0. The smallest absolute Gasteiger partial charge is 0.230 e. The van der Waals surface area contributed by atoms with Crippen molar-refractivity contribution in [3.05, 3.63) is 57.6 Å². The van der Waals surface area contributed by atoms with E-state index >= 15 is 0 Å². The van der Waals surface area contributed by atoms with E-state index in [1.807, 2.05) is 12.4 Å². The average molecular weight is 815 g/mol. The molecule has 2 aliphatic rings. The molecule has 1 aliphatic heterocycles. The molecule has 0 aromatic heterocycles. The second-order valence-corrected chi connectivity index (χ2v) is 15.5. The molecule has 2 aromatic carbocycles. The molecule has 1 heterocycles. The molecule has 59 heavy (non-hydrogen) atoms. The van der Waals surface area contributed by atoms with Gasteiger partial charge in [0.15, 0.2) is 23.8 Å². The molecule has 0 saturated heterocycles. The lowest BCUT2D eigenvalue weighted by molar-refractivity contribution is 0.117. The number of benzene rings is 2. The topological polar surface area (TPSA) is 301 Å². The molecule has 1 fully saturated rings. The maximum atomic E-state index is 6.63. The van der Waals surface area contributed by atoms with Crippen LogP contribution in [0.2, 0.25) is 0 Å².